The standard InChI is InChI=1S/C20H19N3O2/c1-3-24-19-11-16-17(23-15-7-5-14(13-21)6-8-15)9-10-22-18(16)12-20(19)25-4-2/h5-12H,3-4H2,1-2H3,(H,22,23). The molecule has 1 heterocycles. The number of hydrogen-bond acceptors (Lipinski definition) is 5. The molecule has 0 amide bonds. The Morgan fingerprint density at radius 2 is 1.68 bits per heavy atom. The predicted octanol–water partition coefficient (Wildman–Crippen LogP) is 4.65. The van der Waals surface area contributed by atoms with Crippen LogP contribution in [-0.4, -0.2) is 18.2 Å². The van der Waals surface area contributed by atoms with E-state index in [1.165, 1.54) is 0 Å². The van der Waals surface area contributed by atoms with Gasteiger partial charge in [0.15, 0.2) is 11.5 Å². The van der Waals surface area contributed by atoms with Crippen molar-refractivity contribution in [3.8, 4) is 17.6 Å². The Morgan fingerprint density at radius 3 is 2.32 bits per heavy atom. The van der Waals surface area contributed by atoms with Crippen molar-refractivity contribution in [3.05, 3.63) is 54.2 Å². The fourth-order valence-corrected chi connectivity index (χ4v) is 2.58. The zero-order valence-electron chi connectivity index (χ0n) is 14.2. The lowest BCUT2D eigenvalue weighted by Gasteiger charge is -2.14. The quantitative estimate of drug-likeness (QED) is 0.711. The third-order valence-electron chi connectivity index (χ3n) is 3.70. The van der Waals surface area contributed by atoms with E-state index in [2.05, 4.69) is 16.4 Å². The molecule has 1 N–H and O–H groups in total. The molecule has 0 unspecified atom stereocenters. The Morgan fingerprint density at radius 1 is 1.00 bits per heavy atom. The smallest absolute Gasteiger partial charge is 0.163 e. The molecule has 1 aromatic heterocycles. The largest absolute Gasteiger partial charge is 0.490 e. The van der Waals surface area contributed by atoms with Crippen molar-refractivity contribution in [1.82, 2.24) is 4.98 Å². The molecule has 0 aliphatic rings. The maximum atomic E-state index is 8.91. The van der Waals surface area contributed by atoms with Crippen LogP contribution < -0.4 is 14.8 Å². The molecule has 0 saturated heterocycles. The summed E-state index contributed by atoms with van der Waals surface area (Å²) in [7, 11) is 0. The van der Waals surface area contributed by atoms with Crippen molar-refractivity contribution < 1.29 is 9.47 Å². The Balaban J connectivity index is 2.02. The maximum absolute atomic E-state index is 8.91. The van der Waals surface area contributed by atoms with Crippen molar-refractivity contribution in [2.75, 3.05) is 18.5 Å². The van der Waals surface area contributed by atoms with Gasteiger partial charge in [-0.2, -0.15) is 5.26 Å². The van der Waals surface area contributed by atoms with Crippen LogP contribution in [-0.2, 0) is 0 Å². The van der Waals surface area contributed by atoms with E-state index >= 15 is 0 Å². The first kappa shape index (κ1) is 16.6. The average Bonchev–Trinajstić information content (AvgIpc) is 2.64. The second-order valence-electron chi connectivity index (χ2n) is 5.35. The van der Waals surface area contributed by atoms with Crippen LogP contribution >= 0.6 is 0 Å². The van der Waals surface area contributed by atoms with Crippen molar-refractivity contribution in [2.45, 2.75) is 13.8 Å². The summed E-state index contributed by atoms with van der Waals surface area (Å²) in [6.07, 6.45) is 1.75. The van der Waals surface area contributed by atoms with E-state index in [9.17, 15) is 0 Å². The number of nitriles is 1. The zero-order chi connectivity index (χ0) is 17.6. The molecule has 25 heavy (non-hydrogen) atoms. The van der Waals surface area contributed by atoms with Gasteiger partial charge in [-0.15, -0.1) is 0 Å². The fraction of sp³-hybridized carbons (Fsp3) is 0.200. The van der Waals surface area contributed by atoms with E-state index in [1.807, 2.05) is 44.2 Å². The molecular formula is C20H19N3O2. The number of nitrogens with zero attached hydrogens (tertiary/aromatic N) is 2. The molecule has 0 bridgehead atoms. The van der Waals surface area contributed by atoms with Crippen molar-refractivity contribution in [2.24, 2.45) is 0 Å². The van der Waals surface area contributed by atoms with E-state index in [4.69, 9.17) is 14.7 Å². The first-order chi connectivity index (χ1) is 12.2. The van der Waals surface area contributed by atoms with Gasteiger partial charge in [0.2, 0.25) is 0 Å². The highest BCUT2D eigenvalue weighted by Gasteiger charge is 2.11. The van der Waals surface area contributed by atoms with Gasteiger partial charge in [-0.25, -0.2) is 0 Å². The number of nitrogens with one attached hydrogen (secondary N) is 1. The van der Waals surface area contributed by atoms with Gasteiger partial charge in [0.25, 0.3) is 0 Å². The van der Waals surface area contributed by atoms with Crippen molar-refractivity contribution >= 4 is 22.3 Å². The Labute approximate surface area is 146 Å². The lowest BCUT2D eigenvalue weighted by Crippen LogP contribution is -2.00. The summed E-state index contributed by atoms with van der Waals surface area (Å²) in [6, 6.07) is 15.2. The molecule has 0 atom stereocenters. The molecule has 5 heteroatoms. The molecule has 126 valence electrons. The molecule has 0 aliphatic carbocycles. The predicted molar refractivity (Wildman–Crippen MR) is 98.5 cm³/mol. The number of rotatable bonds is 6. The molecule has 5 nitrogen and oxygen atoms in total. The number of pyridine rings is 1. The van der Waals surface area contributed by atoms with E-state index in [-0.39, 0.29) is 0 Å². The summed E-state index contributed by atoms with van der Waals surface area (Å²) >= 11 is 0. The van der Waals surface area contributed by atoms with E-state index in [1.54, 1.807) is 18.3 Å². The third kappa shape index (κ3) is 3.64. The van der Waals surface area contributed by atoms with Gasteiger partial charge in [-0.1, -0.05) is 0 Å². The van der Waals surface area contributed by atoms with Crippen LogP contribution in [0.4, 0.5) is 11.4 Å². The molecule has 0 fully saturated rings. The first-order valence-corrected chi connectivity index (χ1v) is 8.20. The molecule has 0 radical (unpaired) electrons. The number of ether oxygens (including phenoxy) is 2. The van der Waals surface area contributed by atoms with Crippen LogP contribution in [0, 0.1) is 11.3 Å². The second-order valence-corrected chi connectivity index (χ2v) is 5.35. The lowest BCUT2D eigenvalue weighted by atomic mass is 10.1. The van der Waals surface area contributed by atoms with E-state index < -0.39 is 0 Å². The summed E-state index contributed by atoms with van der Waals surface area (Å²) in [5.41, 5.74) is 3.27. The molecular weight excluding hydrogens is 314 g/mol. The first-order valence-electron chi connectivity index (χ1n) is 8.20. The van der Waals surface area contributed by atoms with E-state index in [0.29, 0.717) is 30.3 Å². The van der Waals surface area contributed by atoms with Gasteiger partial charge in [-0.05, 0) is 50.2 Å². The van der Waals surface area contributed by atoms with Gasteiger partial charge >= 0.3 is 0 Å². The monoisotopic (exact) mass is 333 g/mol. The average molecular weight is 333 g/mol. The SMILES string of the molecule is CCOc1cc2nccc(Nc3ccc(C#N)cc3)c2cc1OCC. The summed E-state index contributed by atoms with van der Waals surface area (Å²) < 4.78 is 11.4. The molecule has 2 aromatic carbocycles. The molecule has 0 saturated carbocycles. The summed E-state index contributed by atoms with van der Waals surface area (Å²) in [5.74, 6) is 1.40. The lowest BCUT2D eigenvalue weighted by molar-refractivity contribution is 0.288. The summed E-state index contributed by atoms with van der Waals surface area (Å²) in [4.78, 5) is 4.44. The van der Waals surface area contributed by atoms with Crippen LogP contribution in [0.15, 0.2) is 48.7 Å². The topological polar surface area (TPSA) is 67.2 Å². The van der Waals surface area contributed by atoms with Crippen LogP contribution in [0.3, 0.4) is 0 Å². The highest BCUT2D eigenvalue weighted by Crippen LogP contribution is 2.35. The fourth-order valence-electron chi connectivity index (χ4n) is 2.58. The van der Waals surface area contributed by atoms with Crippen LogP contribution in [0.5, 0.6) is 11.5 Å². The van der Waals surface area contributed by atoms with Crippen LogP contribution in [0.25, 0.3) is 10.9 Å². The molecule has 3 rings (SSSR count). The normalized spacial score (nSPS) is 10.3. The minimum Gasteiger partial charge on any atom is -0.490 e. The number of aromatic nitrogens is 1. The second kappa shape index (κ2) is 7.54. The van der Waals surface area contributed by atoms with Gasteiger partial charge < -0.3 is 14.8 Å². The number of benzene rings is 2. The highest BCUT2D eigenvalue weighted by molar-refractivity contribution is 5.95. The Kier molecular flexibility index (Phi) is 5.00. The van der Waals surface area contributed by atoms with Gasteiger partial charge in [-0.3, -0.25) is 4.98 Å². The number of fused-ring (bicyclic) bond motifs is 1. The third-order valence-corrected chi connectivity index (χ3v) is 3.70. The summed E-state index contributed by atoms with van der Waals surface area (Å²) in [6.45, 7) is 5.01. The highest BCUT2D eigenvalue weighted by atomic mass is 16.5. The summed E-state index contributed by atoms with van der Waals surface area (Å²) in [5, 5.41) is 13.2. The number of hydrogen-bond donors (Lipinski definition) is 1. The van der Waals surface area contributed by atoms with Crippen LogP contribution in [0.1, 0.15) is 19.4 Å². The van der Waals surface area contributed by atoms with Gasteiger partial charge in [0, 0.05) is 29.0 Å². The molecule has 0 spiro atoms. The Hall–Kier alpha value is -3.26. The van der Waals surface area contributed by atoms with E-state index in [0.717, 1.165) is 22.3 Å². The van der Waals surface area contributed by atoms with Gasteiger partial charge in [0.1, 0.15) is 0 Å². The maximum Gasteiger partial charge on any atom is 0.163 e. The van der Waals surface area contributed by atoms with Crippen LogP contribution in [0.2, 0.25) is 0 Å². The van der Waals surface area contributed by atoms with Crippen molar-refractivity contribution in [3.63, 3.8) is 0 Å². The number of anilines is 2. The Bertz CT molecular complexity index is 915. The molecule has 0 aliphatic heterocycles. The zero-order valence-corrected chi connectivity index (χ0v) is 14.2. The minimum absolute atomic E-state index is 0.560. The van der Waals surface area contributed by atoms with Crippen molar-refractivity contribution in [1.29, 1.82) is 5.26 Å². The molecule has 3 aromatic rings. The minimum atomic E-state index is 0.560. The van der Waals surface area contributed by atoms with Gasteiger partial charge in [0.05, 0.1) is 30.4 Å².